The summed E-state index contributed by atoms with van der Waals surface area (Å²) in [4.78, 5) is 14.6. The van der Waals surface area contributed by atoms with E-state index in [9.17, 15) is 4.79 Å². The molecule has 2 aromatic carbocycles. The highest BCUT2D eigenvalue weighted by Crippen LogP contribution is 2.23. The minimum Gasteiger partial charge on any atom is -0.497 e. The van der Waals surface area contributed by atoms with Crippen LogP contribution in [0.15, 0.2) is 54.6 Å². The van der Waals surface area contributed by atoms with Crippen molar-refractivity contribution in [3.8, 4) is 11.5 Å². The second-order valence-electron chi connectivity index (χ2n) is 6.10. The lowest BCUT2D eigenvalue weighted by molar-refractivity contribution is -0.120. The molecule has 0 aliphatic carbocycles. The Kier molecular flexibility index (Phi) is 5.90. The topological polar surface area (TPSA) is 50.8 Å². The zero-order valence-electron chi connectivity index (χ0n) is 14.5. The van der Waals surface area contributed by atoms with E-state index >= 15 is 0 Å². The lowest BCUT2D eigenvalue weighted by atomic mass is 10.2. The molecule has 0 saturated carbocycles. The van der Waals surface area contributed by atoms with Gasteiger partial charge < -0.3 is 19.7 Å². The number of anilines is 1. The van der Waals surface area contributed by atoms with Crippen molar-refractivity contribution in [2.24, 2.45) is 0 Å². The van der Waals surface area contributed by atoms with Crippen LogP contribution in [0.4, 0.5) is 5.69 Å². The fourth-order valence-electron chi connectivity index (χ4n) is 3.00. The molecule has 5 heteroatoms. The Hall–Kier alpha value is -2.53. The first-order chi connectivity index (χ1) is 12.3. The second kappa shape index (κ2) is 8.53. The first kappa shape index (κ1) is 17.3. The Labute approximate surface area is 148 Å². The van der Waals surface area contributed by atoms with Crippen molar-refractivity contribution in [2.75, 3.05) is 31.7 Å². The number of para-hydroxylation sites is 1. The van der Waals surface area contributed by atoms with Crippen LogP contribution in [0, 0.1) is 0 Å². The zero-order valence-corrected chi connectivity index (χ0v) is 14.5. The lowest BCUT2D eigenvalue weighted by Crippen LogP contribution is -2.43. The predicted octanol–water partition coefficient (Wildman–Crippen LogP) is 2.86. The Bertz CT molecular complexity index is 684. The summed E-state index contributed by atoms with van der Waals surface area (Å²) < 4.78 is 10.9. The van der Waals surface area contributed by atoms with Crippen LogP contribution in [-0.4, -0.2) is 38.8 Å². The van der Waals surface area contributed by atoms with Gasteiger partial charge in [0.25, 0.3) is 5.91 Å². The molecule has 132 valence electrons. The highest BCUT2D eigenvalue weighted by molar-refractivity contribution is 5.94. The number of benzene rings is 2. The van der Waals surface area contributed by atoms with Crippen molar-refractivity contribution in [1.29, 1.82) is 0 Å². The Morgan fingerprint density at radius 2 is 1.96 bits per heavy atom. The SMILES string of the molecule is COc1cccc(N(C[C@H]2CCCN2)C(=O)COc2ccccc2)c1. The number of carbonyl (C=O) groups excluding carboxylic acids is 1. The molecular weight excluding hydrogens is 316 g/mol. The molecule has 0 spiro atoms. The quantitative estimate of drug-likeness (QED) is 0.842. The third-order valence-corrected chi connectivity index (χ3v) is 4.34. The number of hydrogen-bond donors (Lipinski definition) is 1. The van der Waals surface area contributed by atoms with Crippen LogP contribution in [-0.2, 0) is 4.79 Å². The van der Waals surface area contributed by atoms with Gasteiger partial charge in [0.1, 0.15) is 11.5 Å². The van der Waals surface area contributed by atoms with E-state index < -0.39 is 0 Å². The molecule has 1 aliphatic heterocycles. The van der Waals surface area contributed by atoms with Crippen molar-refractivity contribution < 1.29 is 14.3 Å². The van der Waals surface area contributed by atoms with Crippen LogP contribution in [0.3, 0.4) is 0 Å². The van der Waals surface area contributed by atoms with Crippen molar-refractivity contribution in [3.05, 3.63) is 54.6 Å². The summed E-state index contributed by atoms with van der Waals surface area (Å²) in [6.45, 7) is 1.64. The Balaban J connectivity index is 1.73. The first-order valence-corrected chi connectivity index (χ1v) is 8.62. The number of nitrogens with zero attached hydrogens (tertiary/aromatic N) is 1. The van der Waals surface area contributed by atoms with Gasteiger partial charge in [0.15, 0.2) is 6.61 Å². The summed E-state index contributed by atoms with van der Waals surface area (Å²) in [5, 5.41) is 3.45. The summed E-state index contributed by atoms with van der Waals surface area (Å²) in [6.07, 6.45) is 2.22. The zero-order chi connectivity index (χ0) is 17.5. The maximum atomic E-state index is 12.8. The number of carbonyl (C=O) groups is 1. The van der Waals surface area contributed by atoms with Gasteiger partial charge in [-0.2, -0.15) is 0 Å². The minimum absolute atomic E-state index is 0.00788. The van der Waals surface area contributed by atoms with Gasteiger partial charge in [-0.05, 0) is 43.7 Å². The molecule has 3 rings (SSSR count). The molecule has 1 atom stereocenters. The third-order valence-electron chi connectivity index (χ3n) is 4.34. The summed E-state index contributed by atoms with van der Waals surface area (Å²) in [5.41, 5.74) is 0.828. The van der Waals surface area contributed by atoms with Gasteiger partial charge >= 0.3 is 0 Å². The minimum atomic E-state index is -0.0641. The molecule has 25 heavy (non-hydrogen) atoms. The highest BCUT2D eigenvalue weighted by atomic mass is 16.5. The number of hydrogen-bond acceptors (Lipinski definition) is 4. The van der Waals surface area contributed by atoms with E-state index in [2.05, 4.69) is 5.32 Å². The summed E-state index contributed by atoms with van der Waals surface area (Å²) >= 11 is 0. The molecule has 2 aromatic rings. The number of nitrogens with one attached hydrogen (secondary N) is 1. The van der Waals surface area contributed by atoms with E-state index in [0.717, 1.165) is 30.8 Å². The second-order valence-corrected chi connectivity index (χ2v) is 6.10. The van der Waals surface area contributed by atoms with Gasteiger partial charge in [0.2, 0.25) is 0 Å². The third kappa shape index (κ3) is 4.73. The van der Waals surface area contributed by atoms with Gasteiger partial charge in [0, 0.05) is 24.3 Å². The van der Waals surface area contributed by atoms with Gasteiger partial charge in [-0.15, -0.1) is 0 Å². The molecule has 1 saturated heterocycles. The average molecular weight is 340 g/mol. The van der Waals surface area contributed by atoms with Gasteiger partial charge in [0.05, 0.1) is 7.11 Å². The lowest BCUT2D eigenvalue weighted by Gasteiger charge is -2.26. The Morgan fingerprint density at radius 3 is 2.68 bits per heavy atom. The fourth-order valence-corrected chi connectivity index (χ4v) is 3.00. The van der Waals surface area contributed by atoms with Crippen LogP contribution in [0.5, 0.6) is 11.5 Å². The standard InChI is InChI=1S/C20H24N2O3/c1-24-19-11-5-8-17(13-19)22(14-16-7-6-12-21-16)20(23)15-25-18-9-3-2-4-10-18/h2-5,8-11,13,16,21H,6-7,12,14-15H2,1H3/t16-/m1/s1. The van der Waals surface area contributed by atoms with Gasteiger partial charge in [-0.25, -0.2) is 0 Å². The average Bonchev–Trinajstić information content (AvgIpc) is 3.18. The van der Waals surface area contributed by atoms with Gasteiger partial charge in [-0.1, -0.05) is 24.3 Å². The molecule has 1 heterocycles. The molecular formula is C20H24N2O3. The summed E-state index contributed by atoms with van der Waals surface area (Å²) in [5.74, 6) is 1.37. The number of rotatable bonds is 7. The smallest absolute Gasteiger partial charge is 0.264 e. The van der Waals surface area contributed by atoms with Crippen LogP contribution < -0.4 is 19.7 Å². The van der Waals surface area contributed by atoms with Crippen LogP contribution in [0.1, 0.15) is 12.8 Å². The molecule has 0 bridgehead atoms. The molecule has 5 nitrogen and oxygen atoms in total. The van der Waals surface area contributed by atoms with Crippen LogP contribution >= 0.6 is 0 Å². The molecule has 0 unspecified atom stereocenters. The fraction of sp³-hybridized carbons (Fsp3) is 0.350. The van der Waals surface area contributed by atoms with E-state index in [-0.39, 0.29) is 12.5 Å². The van der Waals surface area contributed by atoms with Gasteiger partial charge in [-0.3, -0.25) is 4.79 Å². The van der Waals surface area contributed by atoms with E-state index in [0.29, 0.717) is 18.3 Å². The Morgan fingerprint density at radius 1 is 1.16 bits per heavy atom. The largest absolute Gasteiger partial charge is 0.497 e. The van der Waals surface area contributed by atoms with Crippen molar-refractivity contribution in [3.63, 3.8) is 0 Å². The molecule has 0 aromatic heterocycles. The molecule has 1 N–H and O–H groups in total. The number of ether oxygens (including phenoxy) is 2. The molecule has 1 amide bonds. The maximum absolute atomic E-state index is 12.8. The highest BCUT2D eigenvalue weighted by Gasteiger charge is 2.23. The molecule has 0 radical (unpaired) electrons. The normalized spacial score (nSPS) is 16.4. The van der Waals surface area contributed by atoms with E-state index in [4.69, 9.17) is 9.47 Å². The van der Waals surface area contributed by atoms with Crippen molar-refractivity contribution in [1.82, 2.24) is 5.32 Å². The number of methoxy groups -OCH3 is 1. The monoisotopic (exact) mass is 340 g/mol. The van der Waals surface area contributed by atoms with Crippen LogP contribution in [0.2, 0.25) is 0 Å². The molecule has 1 aliphatic rings. The molecule has 1 fully saturated rings. The number of amides is 1. The van der Waals surface area contributed by atoms with E-state index in [1.54, 1.807) is 12.0 Å². The summed E-state index contributed by atoms with van der Waals surface area (Å²) in [6, 6.07) is 17.3. The maximum Gasteiger partial charge on any atom is 0.264 e. The van der Waals surface area contributed by atoms with Crippen molar-refractivity contribution in [2.45, 2.75) is 18.9 Å². The van der Waals surface area contributed by atoms with Crippen LogP contribution in [0.25, 0.3) is 0 Å². The van der Waals surface area contributed by atoms with Crippen molar-refractivity contribution >= 4 is 11.6 Å². The first-order valence-electron chi connectivity index (χ1n) is 8.62. The predicted molar refractivity (Wildman–Crippen MR) is 98.3 cm³/mol. The summed E-state index contributed by atoms with van der Waals surface area (Å²) in [7, 11) is 1.63. The van der Waals surface area contributed by atoms with E-state index in [1.165, 1.54) is 0 Å². The van der Waals surface area contributed by atoms with E-state index in [1.807, 2.05) is 54.6 Å².